The highest BCUT2D eigenvalue weighted by atomic mass is 16.5. The fourth-order valence-electron chi connectivity index (χ4n) is 5.69. The number of amides is 2. The van der Waals surface area contributed by atoms with Gasteiger partial charge in [-0.05, 0) is 36.1 Å². The van der Waals surface area contributed by atoms with Crippen molar-refractivity contribution in [2.24, 2.45) is 0 Å². The molecule has 4 rings (SSSR count). The van der Waals surface area contributed by atoms with Crippen molar-refractivity contribution in [3.05, 3.63) is 59.2 Å². The molecule has 1 saturated heterocycles. The van der Waals surface area contributed by atoms with E-state index in [1.54, 1.807) is 39.5 Å². The molecule has 2 aromatic rings. The highest BCUT2D eigenvalue weighted by Crippen LogP contribution is 2.52. The molecule has 1 aliphatic heterocycles. The van der Waals surface area contributed by atoms with Crippen LogP contribution >= 0.6 is 0 Å². The molecule has 0 aromatic heterocycles. The summed E-state index contributed by atoms with van der Waals surface area (Å²) in [5, 5.41) is 3.21. The number of hydrogen-bond acceptors (Lipinski definition) is 6. The highest BCUT2D eigenvalue weighted by molar-refractivity contribution is 5.98. The maximum atomic E-state index is 13.5. The number of likely N-dealkylation sites (tertiary alicyclic amines) is 1. The molecule has 8 nitrogen and oxygen atoms in total. The van der Waals surface area contributed by atoms with E-state index >= 15 is 0 Å². The second-order valence-electron chi connectivity index (χ2n) is 9.26. The lowest BCUT2D eigenvalue weighted by atomic mass is 9.71. The maximum absolute atomic E-state index is 13.5. The normalized spacial score (nSPS) is 20.2. The number of ether oxygens (including phenoxy) is 4. The zero-order chi connectivity index (χ0) is 25.7. The number of methoxy groups -OCH3 is 3. The van der Waals surface area contributed by atoms with Crippen LogP contribution in [-0.2, 0) is 19.7 Å². The van der Waals surface area contributed by atoms with Crippen LogP contribution in [0.3, 0.4) is 0 Å². The lowest BCUT2D eigenvalue weighted by Gasteiger charge is -2.44. The van der Waals surface area contributed by atoms with Crippen LogP contribution in [-0.4, -0.2) is 70.5 Å². The van der Waals surface area contributed by atoms with Crippen LogP contribution in [0.25, 0.3) is 0 Å². The minimum atomic E-state index is -0.314. The Morgan fingerprint density at radius 3 is 2.42 bits per heavy atom. The summed E-state index contributed by atoms with van der Waals surface area (Å²) in [6.45, 7) is 3.87. The Balaban J connectivity index is 1.62. The van der Waals surface area contributed by atoms with E-state index in [9.17, 15) is 9.59 Å². The minimum Gasteiger partial charge on any atom is -0.493 e. The molecule has 1 heterocycles. The smallest absolute Gasteiger partial charge is 0.257 e. The van der Waals surface area contributed by atoms with E-state index in [4.69, 9.17) is 18.9 Å². The minimum absolute atomic E-state index is 0.00933. The van der Waals surface area contributed by atoms with E-state index in [1.165, 1.54) is 5.56 Å². The topological polar surface area (TPSA) is 86.3 Å². The molecule has 1 fully saturated rings. The van der Waals surface area contributed by atoms with E-state index in [0.29, 0.717) is 49.8 Å². The number of piperidine rings is 1. The molecule has 194 valence electrons. The summed E-state index contributed by atoms with van der Waals surface area (Å²) in [5.74, 6) is 0.881. The van der Waals surface area contributed by atoms with Gasteiger partial charge in [-0.2, -0.15) is 0 Å². The third kappa shape index (κ3) is 4.67. The van der Waals surface area contributed by atoms with Crippen molar-refractivity contribution in [2.75, 3.05) is 47.6 Å². The second kappa shape index (κ2) is 11.3. The van der Waals surface area contributed by atoms with E-state index in [2.05, 4.69) is 17.4 Å². The standard InChI is InChI=1S/C28H36N2O6/c1-5-23(31)29-24-19-9-6-7-11-21(19)28(26(24)36-18-17-33-2)13-15-30(16-14-28)27(32)20-10-8-12-22(34-3)25(20)35-4/h6-12,24,26H,5,13-18H2,1-4H3,(H,29,31)/t24-,26+/m1/s1. The summed E-state index contributed by atoms with van der Waals surface area (Å²) in [6, 6.07) is 13.4. The van der Waals surface area contributed by atoms with Crippen molar-refractivity contribution in [2.45, 2.75) is 43.7 Å². The van der Waals surface area contributed by atoms with Gasteiger partial charge in [-0.3, -0.25) is 9.59 Å². The van der Waals surface area contributed by atoms with Crippen molar-refractivity contribution < 1.29 is 28.5 Å². The number of carbonyl (C=O) groups excluding carboxylic acids is 2. The Morgan fingerprint density at radius 2 is 1.75 bits per heavy atom. The average molecular weight is 497 g/mol. The van der Waals surface area contributed by atoms with Crippen LogP contribution in [0.5, 0.6) is 11.5 Å². The summed E-state index contributed by atoms with van der Waals surface area (Å²) in [4.78, 5) is 27.9. The molecule has 0 unspecified atom stereocenters. The molecule has 0 saturated carbocycles. The van der Waals surface area contributed by atoms with Gasteiger partial charge in [0.15, 0.2) is 11.5 Å². The van der Waals surface area contributed by atoms with Gasteiger partial charge in [0, 0.05) is 32.0 Å². The predicted molar refractivity (Wildman–Crippen MR) is 136 cm³/mol. The predicted octanol–water partition coefficient (Wildman–Crippen LogP) is 3.49. The van der Waals surface area contributed by atoms with Gasteiger partial charge in [-0.15, -0.1) is 0 Å². The van der Waals surface area contributed by atoms with Gasteiger partial charge in [0.2, 0.25) is 5.91 Å². The maximum Gasteiger partial charge on any atom is 0.257 e. The summed E-state index contributed by atoms with van der Waals surface area (Å²) >= 11 is 0. The van der Waals surface area contributed by atoms with E-state index in [1.807, 2.05) is 24.0 Å². The Morgan fingerprint density at radius 1 is 1.00 bits per heavy atom. The third-order valence-electron chi connectivity index (χ3n) is 7.48. The zero-order valence-corrected chi connectivity index (χ0v) is 21.5. The number of nitrogens with one attached hydrogen (secondary N) is 1. The number of carbonyl (C=O) groups is 2. The molecular weight excluding hydrogens is 460 g/mol. The van der Waals surface area contributed by atoms with Gasteiger partial charge in [-0.25, -0.2) is 0 Å². The Labute approximate surface area is 212 Å². The number of fused-ring (bicyclic) bond motifs is 2. The van der Waals surface area contributed by atoms with Gasteiger partial charge in [0.05, 0.1) is 45.1 Å². The average Bonchev–Trinajstić information content (AvgIpc) is 3.16. The first-order valence-electron chi connectivity index (χ1n) is 12.5. The van der Waals surface area contributed by atoms with Crippen LogP contribution in [0.1, 0.15) is 53.7 Å². The largest absolute Gasteiger partial charge is 0.493 e. The van der Waals surface area contributed by atoms with Gasteiger partial charge in [-0.1, -0.05) is 37.3 Å². The van der Waals surface area contributed by atoms with Crippen molar-refractivity contribution in [3.63, 3.8) is 0 Å². The summed E-state index contributed by atoms with van der Waals surface area (Å²) < 4.78 is 22.6. The first-order chi connectivity index (χ1) is 17.5. The molecule has 8 heteroatoms. The number of nitrogens with zero attached hydrogens (tertiary/aromatic N) is 1. The Bertz CT molecular complexity index is 1080. The summed E-state index contributed by atoms with van der Waals surface area (Å²) in [6.07, 6.45) is 1.60. The number of hydrogen-bond donors (Lipinski definition) is 1. The van der Waals surface area contributed by atoms with Crippen molar-refractivity contribution >= 4 is 11.8 Å². The molecule has 1 aliphatic carbocycles. The number of benzene rings is 2. The van der Waals surface area contributed by atoms with Gasteiger partial charge in [0.1, 0.15) is 0 Å². The molecule has 1 N–H and O–H groups in total. The SMILES string of the molecule is CCC(=O)N[C@@H]1c2ccccc2C2(CCN(C(=O)c3cccc(OC)c3OC)CC2)[C@H]1OCCOC. The lowest BCUT2D eigenvalue weighted by molar-refractivity contribution is -0.123. The van der Waals surface area contributed by atoms with Crippen LogP contribution in [0.2, 0.25) is 0 Å². The third-order valence-corrected chi connectivity index (χ3v) is 7.48. The molecule has 2 aromatic carbocycles. The summed E-state index contributed by atoms with van der Waals surface area (Å²) in [7, 11) is 4.75. The lowest BCUT2D eigenvalue weighted by Crippen LogP contribution is -2.52. The van der Waals surface area contributed by atoms with E-state index < -0.39 is 0 Å². The van der Waals surface area contributed by atoms with Gasteiger partial charge < -0.3 is 29.2 Å². The molecule has 1 spiro atoms. The van der Waals surface area contributed by atoms with Crippen molar-refractivity contribution in [3.8, 4) is 11.5 Å². The monoisotopic (exact) mass is 496 g/mol. The molecule has 2 amide bonds. The molecule has 0 radical (unpaired) electrons. The fourth-order valence-corrected chi connectivity index (χ4v) is 5.69. The number of para-hydroxylation sites is 1. The zero-order valence-electron chi connectivity index (χ0n) is 21.5. The highest BCUT2D eigenvalue weighted by Gasteiger charge is 2.54. The first kappa shape index (κ1) is 26.0. The molecule has 36 heavy (non-hydrogen) atoms. The fraction of sp³-hybridized carbons (Fsp3) is 0.500. The Kier molecular flexibility index (Phi) is 8.16. The van der Waals surface area contributed by atoms with Crippen LogP contribution < -0.4 is 14.8 Å². The molecule has 2 aliphatic rings. The molecular formula is C28H36N2O6. The first-order valence-corrected chi connectivity index (χ1v) is 12.5. The summed E-state index contributed by atoms with van der Waals surface area (Å²) in [5.41, 5.74) is 2.46. The number of rotatable bonds is 9. The van der Waals surface area contributed by atoms with Gasteiger partial charge in [0.25, 0.3) is 5.91 Å². The molecule has 2 atom stereocenters. The van der Waals surface area contributed by atoms with Crippen LogP contribution in [0.15, 0.2) is 42.5 Å². The van der Waals surface area contributed by atoms with E-state index in [0.717, 1.165) is 18.4 Å². The van der Waals surface area contributed by atoms with E-state index in [-0.39, 0.29) is 29.4 Å². The van der Waals surface area contributed by atoms with Gasteiger partial charge >= 0.3 is 0 Å². The quantitative estimate of drug-likeness (QED) is 0.535. The Hall–Kier alpha value is -3.10. The van der Waals surface area contributed by atoms with Crippen molar-refractivity contribution in [1.82, 2.24) is 10.2 Å². The van der Waals surface area contributed by atoms with Crippen LogP contribution in [0, 0.1) is 0 Å². The van der Waals surface area contributed by atoms with Crippen molar-refractivity contribution in [1.29, 1.82) is 0 Å². The van der Waals surface area contributed by atoms with Crippen LogP contribution in [0.4, 0.5) is 0 Å². The molecule has 0 bridgehead atoms. The second-order valence-corrected chi connectivity index (χ2v) is 9.26.